The molecule has 6 heteroatoms. The van der Waals surface area contributed by atoms with Crippen molar-refractivity contribution in [1.82, 2.24) is 10.3 Å². The highest BCUT2D eigenvalue weighted by Gasteiger charge is 2.12. The molecule has 1 aromatic heterocycles. The molecule has 5 nitrogen and oxygen atoms in total. The first-order chi connectivity index (χ1) is 15.1. The van der Waals surface area contributed by atoms with E-state index < -0.39 is 0 Å². The molecule has 158 valence electrons. The summed E-state index contributed by atoms with van der Waals surface area (Å²) in [5.41, 5.74) is 2.87. The molecule has 3 aromatic carbocycles. The van der Waals surface area contributed by atoms with Crippen molar-refractivity contribution in [3.05, 3.63) is 88.4 Å². The number of amides is 1. The molecule has 0 aliphatic rings. The number of fused-ring (bicyclic) bond motifs is 1. The molecule has 1 heterocycles. The minimum absolute atomic E-state index is 0.109. The second-order valence-electron chi connectivity index (χ2n) is 7.33. The van der Waals surface area contributed by atoms with E-state index in [1.165, 1.54) is 27.7 Å². The Morgan fingerprint density at radius 2 is 1.84 bits per heavy atom. The standard InChI is InChI=1S/C25H25N3O2S/c1-17(20-11-7-9-18-8-3-4-10-21(18)20)26-15-19-16-31-25(27-19)14-24(29)28-22-12-5-6-13-23(22)30-2/h3-13,16-17,26H,14-15H2,1-2H3,(H,28,29). The van der Waals surface area contributed by atoms with E-state index in [0.29, 0.717) is 18.0 Å². The molecular formula is C25H25N3O2S. The van der Waals surface area contributed by atoms with Gasteiger partial charge >= 0.3 is 0 Å². The quantitative estimate of drug-likeness (QED) is 0.395. The average Bonchev–Trinajstić information content (AvgIpc) is 3.24. The Morgan fingerprint density at radius 1 is 1.06 bits per heavy atom. The summed E-state index contributed by atoms with van der Waals surface area (Å²) in [5, 5.41) is 11.8. The molecule has 31 heavy (non-hydrogen) atoms. The molecule has 0 fully saturated rings. The van der Waals surface area contributed by atoms with Crippen molar-refractivity contribution in [1.29, 1.82) is 0 Å². The van der Waals surface area contributed by atoms with E-state index in [1.807, 2.05) is 29.6 Å². The molecule has 1 atom stereocenters. The Hall–Kier alpha value is -3.22. The Balaban J connectivity index is 1.35. The zero-order valence-electron chi connectivity index (χ0n) is 17.6. The summed E-state index contributed by atoms with van der Waals surface area (Å²) in [5.74, 6) is 0.532. The van der Waals surface area contributed by atoms with Gasteiger partial charge in [-0.15, -0.1) is 11.3 Å². The third kappa shape index (κ3) is 5.10. The number of ether oxygens (including phenoxy) is 1. The first-order valence-corrected chi connectivity index (χ1v) is 11.1. The van der Waals surface area contributed by atoms with Crippen LogP contribution in [0, 0.1) is 0 Å². The lowest BCUT2D eigenvalue weighted by molar-refractivity contribution is -0.115. The monoisotopic (exact) mass is 431 g/mol. The average molecular weight is 432 g/mol. The number of nitrogens with one attached hydrogen (secondary N) is 2. The molecule has 1 unspecified atom stereocenters. The van der Waals surface area contributed by atoms with Gasteiger partial charge in [0.05, 0.1) is 24.9 Å². The zero-order chi connectivity index (χ0) is 21.6. The minimum Gasteiger partial charge on any atom is -0.495 e. The van der Waals surface area contributed by atoms with Crippen LogP contribution in [0.1, 0.15) is 29.2 Å². The normalized spacial score (nSPS) is 11.9. The molecule has 0 saturated carbocycles. The second kappa shape index (κ2) is 9.73. The number of carbonyl (C=O) groups is 1. The van der Waals surface area contributed by atoms with Gasteiger partial charge < -0.3 is 15.4 Å². The maximum absolute atomic E-state index is 12.4. The van der Waals surface area contributed by atoms with E-state index in [-0.39, 0.29) is 18.4 Å². The van der Waals surface area contributed by atoms with Gasteiger partial charge in [-0.3, -0.25) is 4.79 Å². The molecule has 4 aromatic rings. The predicted molar refractivity (Wildman–Crippen MR) is 127 cm³/mol. The van der Waals surface area contributed by atoms with Gasteiger partial charge in [-0.1, -0.05) is 54.6 Å². The van der Waals surface area contributed by atoms with Crippen LogP contribution in [0.5, 0.6) is 5.75 Å². The summed E-state index contributed by atoms with van der Waals surface area (Å²) in [6, 6.07) is 22.4. The van der Waals surface area contributed by atoms with Crippen molar-refractivity contribution in [2.24, 2.45) is 0 Å². The number of benzene rings is 3. The van der Waals surface area contributed by atoms with Crippen LogP contribution < -0.4 is 15.4 Å². The second-order valence-corrected chi connectivity index (χ2v) is 8.27. The molecule has 4 rings (SSSR count). The number of thiazole rings is 1. The first kappa shape index (κ1) is 21.0. The fourth-order valence-electron chi connectivity index (χ4n) is 3.59. The van der Waals surface area contributed by atoms with Crippen LogP contribution in [0.15, 0.2) is 72.1 Å². The molecule has 0 aliphatic carbocycles. The van der Waals surface area contributed by atoms with Gasteiger partial charge in [0.1, 0.15) is 10.8 Å². The van der Waals surface area contributed by atoms with Crippen LogP contribution in [-0.2, 0) is 17.8 Å². The topological polar surface area (TPSA) is 63.2 Å². The van der Waals surface area contributed by atoms with Crippen LogP contribution in [0.3, 0.4) is 0 Å². The van der Waals surface area contributed by atoms with Gasteiger partial charge in [-0.2, -0.15) is 0 Å². The Bertz CT molecular complexity index is 1180. The number of nitrogens with zero attached hydrogens (tertiary/aromatic N) is 1. The summed E-state index contributed by atoms with van der Waals surface area (Å²) >= 11 is 1.51. The largest absolute Gasteiger partial charge is 0.495 e. The van der Waals surface area contributed by atoms with Gasteiger partial charge in [-0.05, 0) is 35.4 Å². The van der Waals surface area contributed by atoms with E-state index in [4.69, 9.17) is 4.74 Å². The smallest absolute Gasteiger partial charge is 0.231 e. The van der Waals surface area contributed by atoms with E-state index >= 15 is 0 Å². The number of carbonyl (C=O) groups excluding carboxylic acids is 1. The van der Waals surface area contributed by atoms with Gasteiger partial charge in [0, 0.05) is 18.0 Å². The minimum atomic E-state index is -0.109. The summed E-state index contributed by atoms with van der Waals surface area (Å²) in [7, 11) is 1.59. The Kier molecular flexibility index (Phi) is 6.60. The number of anilines is 1. The highest BCUT2D eigenvalue weighted by atomic mass is 32.1. The molecule has 2 N–H and O–H groups in total. The molecule has 0 bridgehead atoms. The fraction of sp³-hybridized carbons (Fsp3) is 0.200. The highest BCUT2D eigenvalue weighted by molar-refractivity contribution is 7.09. The van der Waals surface area contributed by atoms with E-state index in [2.05, 4.69) is 65.0 Å². The summed E-state index contributed by atoms with van der Waals surface area (Å²) in [6.45, 7) is 2.81. The van der Waals surface area contributed by atoms with Crippen LogP contribution >= 0.6 is 11.3 Å². The number of methoxy groups -OCH3 is 1. The van der Waals surface area contributed by atoms with Crippen LogP contribution in [0.25, 0.3) is 10.8 Å². The third-order valence-electron chi connectivity index (χ3n) is 5.17. The Morgan fingerprint density at radius 3 is 2.71 bits per heavy atom. The number of aromatic nitrogens is 1. The lowest BCUT2D eigenvalue weighted by atomic mass is 10.00. The predicted octanol–water partition coefficient (Wildman–Crippen LogP) is 5.34. The summed E-state index contributed by atoms with van der Waals surface area (Å²) in [4.78, 5) is 17.0. The van der Waals surface area contributed by atoms with Crippen LogP contribution in [-0.4, -0.2) is 18.0 Å². The van der Waals surface area contributed by atoms with Gasteiger partial charge in [-0.25, -0.2) is 4.98 Å². The van der Waals surface area contributed by atoms with Crippen LogP contribution in [0.4, 0.5) is 5.69 Å². The molecular weight excluding hydrogens is 406 g/mol. The lowest BCUT2D eigenvalue weighted by Gasteiger charge is -2.16. The molecule has 1 amide bonds. The summed E-state index contributed by atoms with van der Waals surface area (Å²) in [6.07, 6.45) is 0.238. The number of hydrogen-bond donors (Lipinski definition) is 2. The van der Waals surface area contributed by atoms with E-state index in [9.17, 15) is 4.79 Å². The Labute approximate surface area is 186 Å². The van der Waals surface area contributed by atoms with Crippen molar-refractivity contribution >= 4 is 33.7 Å². The fourth-order valence-corrected chi connectivity index (χ4v) is 4.38. The van der Waals surface area contributed by atoms with Crippen molar-refractivity contribution in [3.8, 4) is 5.75 Å². The van der Waals surface area contributed by atoms with Crippen molar-refractivity contribution in [2.75, 3.05) is 12.4 Å². The van der Waals surface area contributed by atoms with Gasteiger partial charge in [0.25, 0.3) is 0 Å². The first-order valence-electron chi connectivity index (χ1n) is 10.2. The highest BCUT2D eigenvalue weighted by Crippen LogP contribution is 2.25. The molecule has 0 saturated heterocycles. The maximum atomic E-state index is 12.4. The lowest BCUT2D eigenvalue weighted by Crippen LogP contribution is -2.19. The van der Waals surface area contributed by atoms with Gasteiger partial charge in [0.15, 0.2) is 0 Å². The SMILES string of the molecule is COc1ccccc1NC(=O)Cc1nc(CNC(C)c2cccc3ccccc23)cs1. The van der Waals surface area contributed by atoms with E-state index in [0.717, 1.165) is 10.7 Å². The van der Waals surface area contributed by atoms with Crippen molar-refractivity contribution in [3.63, 3.8) is 0 Å². The third-order valence-corrected chi connectivity index (χ3v) is 6.07. The van der Waals surface area contributed by atoms with E-state index in [1.54, 1.807) is 7.11 Å². The number of para-hydroxylation sites is 2. The molecule has 0 radical (unpaired) electrons. The van der Waals surface area contributed by atoms with Crippen LogP contribution in [0.2, 0.25) is 0 Å². The van der Waals surface area contributed by atoms with Crippen molar-refractivity contribution in [2.45, 2.75) is 25.9 Å². The molecule has 0 spiro atoms. The summed E-state index contributed by atoms with van der Waals surface area (Å²) < 4.78 is 5.28. The number of hydrogen-bond acceptors (Lipinski definition) is 5. The van der Waals surface area contributed by atoms with Gasteiger partial charge in [0.2, 0.25) is 5.91 Å². The maximum Gasteiger partial charge on any atom is 0.231 e. The van der Waals surface area contributed by atoms with Crippen molar-refractivity contribution < 1.29 is 9.53 Å². The molecule has 0 aliphatic heterocycles. The zero-order valence-corrected chi connectivity index (χ0v) is 18.4. The number of rotatable bonds is 8.